The fourth-order valence-corrected chi connectivity index (χ4v) is 1.86. The van der Waals surface area contributed by atoms with Gasteiger partial charge in [-0.1, -0.05) is 0 Å². The lowest BCUT2D eigenvalue weighted by atomic mass is 10.1. The van der Waals surface area contributed by atoms with Gasteiger partial charge in [0.05, 0.1) is 12.5 Å². The number of nitrogens with zero attached hydrogens (tertiary/aromatic N) is 2. The third-order valence-electron chi connectivity index (χ3n) is 2.62. The van der Waals surface area contributed by atoms with Crippen LogP contribution in [0.4, 0.5) is 0 Å². The Hall–Kier alpha value is -1.61. The minimum Gasteiger partial charge on any atom is -0.493 e. The van der Waals surface area contributed by atoms with Gasteiger partial charge in [-0.3, -0.25) is 9.97 Å². The third kappa shape index (κ3) is 3.70. The molecule has 94 valence electrons. The summed E-state index contributed by atoms with van der Waals surface area (Å²) in [5, 5.41) is 0. The highest BCUT2D eigenvalue weighted by Crippen LogP contribution is 2.18. The van der Waals surface area contributed by atoms with Crippen molar-refractivity contribution in [2.75, 3.05) is 6.61 Å². The number of aryl methyl sites for hydroxylation is 1. The molecule has 0 bridgehead atoms. The predicted molar refractivity (Wildman–Crippen MR) is 71.8 cm³/mol. The van der Waals surface area contributed by atoms with E-state index in [0.29, 0.717) is 12.5 Å². The number of halogens is 1. The molecule has 0 fully saturated rings. The van der Waals surface area contributed by atoms with E-state index in [1.165, 1.54) is 5.56 Å². The molecule has 4 heteroatoms. The molecule has 0 N–H and O–H groups in total. The second-order valence-electron chi connectivity index (χ2n) is 3.92. The number of pyridine rings is 2. The molecule has 0 aliphatic rings. The highest BCUT2D eigenvalue weighted by atomic mass is 35.5. The third-order valence-corrected chi connectivity index (χ3v) is 2.91. The Morgan fingerprint density at radius 1 is 1.06 bits per heavy atom. The molecular weight excluding hydrogens is 248 g/mol. The van der Waals surface area contributed by atoms with Crippen LogP contribution in [0.5, 0.6) is 5.75 Å². The average molecular weight is 263 g/mol. The number of hydrogen-bond donors (Lipinski definition) is 0. The molecule has 3 nitrogen and oxygen atoms in total. The Labute approximate surface area is 112 Å². The monoisotopic (exact) mass is 262 g/mol. The van der Waals surface area contributed by atoms with E-state index < -0.39 is 0 Å². The first kappa shape index (κ1) is 12.8. The van der Waals surface area contributed by atoms with Gasteiger partial charge in [0.2, 0.25) is 0 Å². The normalized spacial score (nSPS) is 10.3. The lowest BCUT2D eigenvalue weighted by Crippen LogP contribution is -2.01. The number of alkyl halides is 1. The number of hydrogen-bond acceptors (Lipinski definition) is 3. The van der Waals surface area contributed by atoms with Gasteiger partial charge >= 0.3 is 0 Å². The van der Waals surface area contributed by atoms with E-state index >= 15 is 0 Å². The van der Waals surface area contributed by atoms with E-state index in [4.69, 9.17) is 16.3 Å². The summed E-state index contributed by atoms with van der Waals surface area (Å²) in [7, 11) is 0. The van der Waals surface area contributed by atoms with Crippen molar-refractivity contribution in [3.63, 3.8) is 0 Å². The Kier molecular flexibility index (Phi) is 4.97. The van der Waals surface area contributed by atoms with E-state index in [-0.39, 0.29) is 0 Å². The molecule has 0 amide bonds. The molecule has 2 aromatic heterocycles. The molecule has 2 heterocycles. The summed E-state index contributed by atoms with van der Waals surface area (Å²) in [6.07, 6.45) is 9.03. The molecule has 0 aliphatic heterocycles. The lowest BCUT2D eigenvalue weighted by molar-refractivity contribution is 0.308. The topological polar surface area (TPSA) is 35.0 Å². The van der Waals surface area contributed by atoms with Crippen molar-refractivity contribution < 1.29 is 4.74 Å². The summed E-state index contributed by atoms with van der Waals surface area (Å²) in [6.45, 7) is 0.677. The van der Waals surface area contributed by atoms with Crippen molar-refractivity contribution in [2.45, 2.75) is 18.7 Å². The largest absolute Gasteiger partial charge is 0.493 e. The van der Waals surface area contributed by atoms with Crippen LogP contribution in [0.1, 0.15) is 17.5 Å². The summed E-state index contributed by atoms with van der Waals surface area (Å²) < 4.78 is 5.71. The summed E-state index contributed by atoms with van der Waals surface area (Å²) in [6, 6.07) is 5.90. The molecule has 0 aliphatic carbocycles. The van der Waals surface area contributed by atoms with Crippen molar-refractivity contribution in [2.24, 2.45) is 0 Å². The van der Waals surface area contributed by atoms with Crippen LogP contribution in [-0.2, 0) is 12.3 Å². The first-order valence-corrected chi connectivity index (χ1v) is 6.44. The standard InChI is InChI=1S/C14H15ClN2O/c15-10-13-11-17-8-5-14(13)18-9-1-2-12-3-6-16-7-4-12/h3-8,11H,1-2,9-10H2. The van der Waals surface area contributed by atoms with Gasteiger partial charge in [-0.05, 0) is 36.6 Å². The van der Waals surface area contributed by atoms with E-state index in [1.807, 2.05) is 30.6 Å². The maximum atomic E-state index is 5.81. The van der Waals surface area contributed by atoms with Crippen LogP contribution in [0.25, 0.3) is 0 Å². The zero-order valence-corrected chi connectivity index (χ0v) is 10.8. The quantitative estimate of drug-likeness (QED) is 0.592. The smallest absolute Gasteiger partial charge is 0.126 e. The van der Waals surface area contributed by atoms with E-state index in [9.17, 15) is 0 Å². The van der Waals surface area contributed by atoms with E-state index in [2.05, 4.69) is 9.97 Å². The Morgan fingerprint density at radius 2 is 1.83 bits per heavy atom. The van der Waals surface area contributed by atoms with Gasteiger partial charge in [0, 0.05) is 30.4 Å². The van der Waals surface area contributed by atoms with Gasteiger partial charge in [-0.15, -0.1) is 11.6 Å². The van der Waals surface area contributed by atoms with Crippen LogP contribution in [0.15, 0.2) is 43.0 Å². The van der Waals surface area contributed by atoms with E-state index in [1.54, 1.807) is 12.4 Å². The SMILES string of the molecule is ClCc1cnccc1OCCCc1ccncc1. The first-order chi connectivity index (χ1) is 8.90. The maximum absolute atomic E-state index is 5.81. The Bertz CT molecular complexity index is 476. The number of ether oxygens (including phenoxy) is 1. The van der Waals surface area contributed by atoms with Gasteiger partial charge in [0.1, 0.15) is 5.75 Å². The predicted octanol–water partition coefficient (Wildman–Crippen LogP) is 3.23. The van der Waals surface area contributed by atoms with Crippen LogP contribution in [0, 0.1) is 0 Å². The Balaban J connectivity index is 1.78. The molecule has 0 spiro atoms. The van der Waals surface area contributed by atoms with Crippen molar-refractivity contribution in [3.8, 4) is 5.75 Å². The Morgan fingerprint density at radius 3 is 2.61 bits per heavy atom. The summed E-state index contributed by atoms with van der Waals surface area (Å²) in [5.41, 5.74) is 2.21. The number of aromatic nitrogens is 2. The fraction of sp³-hybridized carbons (Fsp3) is 0.286. The molecule has 18 heavy (non-hydrogen) atoms. The van der Waals surface area contributed by atoms with E-state index in [0.717, 1.165) is 24.2 Å². The summed E-state index contributed by atoms with van der Waals surface area (Å²) in [4.78, 5) is 8.01. The van der Waals surface area contributed by atoms with Crippen LogP contribution >= 0.6 is 11.6 Å². The molecule has 0 saturated heterocycles. The minimum atomic E-state index is 0.424. The van der Waals surface area contributed by atoms with Crippen LogP contribution in [0.3, 0.4) is 0 Å². The van der Waals surface area contributed by atoms with Crippen LogP contribution in [0.2, 0.25) is 0 Å². The van der Waals surface area contributed by atoms with Gasteiger partial charge in [-0.25, -0.2) is 0 Å². The van der Waals surface area contributed by atoms with Crippen molar-refractivity contribution in [1.82, 2.24) is 9.97 Å². The summed E-state index contributed by atoms with van der Waals surface area (Å²) >= 11 is 5.81. The second kappa shape index (κ2) is 6.97. The molecule has 0 aromatic carbocycles. The van der Waals surface area contributed by atoms with Gasteiger partial charge < -0.3 is 4.74 Å². The van der Waals surface area contributed by atoms with Gasteiger partial charge in [0.15, 0.2) is 0 Å². The lowest BCUT2D eigenvalue weighted by Gasteiger charge is -2.09. The van der Waals surface area contributed by atoms with Crippen LogP contribution < -0.4 is 4.74 Å². The highest BCUT2D eigenvalue weighted by molar-refractivity contribution is 6.17. The molecule has 0 unspecified atom stereocenters. The molecule has 2 aromatic rings. The molecular formula is C14H15ClN2O. The maximum Gasteiger partial charge on any atom is 0.126 e. The fourth-order valence-electron chi connectivity index (χ4n) is 1.66. The molecule has 0 atom stereocenters. The molecule has 0 saturated carbocycles. The molecule has 2 rings (SSSR count). The molecule has 0 radical (unpaired) electrons. The van der Waals surface area contributed by atoms with Crippen molar-refractivity contribution in [3.05, 3.63) is 54.1 Å². The van der Waals surface area contributed by atoms with Crippen LogP contribution in [-0.4, -0.2) is 16.6 Å². The number of rotatable bonds is 6. The highest BCUT2D eigenvalue weighted by Gasteiger charge is 2.01. The van der Waals surface area contributed by atoms with Gasteiger partial charge in [-0.2, -0.15) is 0 Å². The summed E-state index contributed by atoms with van der Waals surface area (Å²) in [5.74, 6) is 1.25. The zero-order chi connectivity index (χ0) is 12.6. The first-order valence-electron chi connectivity index (χ1n) is 5.90. The second-order valence-corrected chi connectivity index (χ2v) is 4.19. The van der Waals surface area contributed by atoms with Crippen molar-refractivity contribution in [1.29, 1.82) is 0 Å². The zero-order valence-electron chi connectivity index (χ0n) is 10.1. The average Bonchev–Trinajstić information content (AvgIpc) is 2.45. The van der Waals surface area contributed by atoms with Crippen molar-refractivity contribution >= 4 is 11.6 Å². The van der Waals surface area contributed by atoms with Gasteiger partial charge in [0.25, 0.3) is 0 Å². The minimum absolute atomic E-state index is 0.424.